The van der Waals surface area contributed by atoms with Crippen molar-refractivity contribution in [1.29, 1.82) is 0 Å². The summed E-state index contributed by atoms with van der Waals surface area (Å²) in [5.41, 5.74) is 3.19. The summed E-state index contributed by atoms with van der Waals surface area (Å²) in [4.78, 5) is 22.2. The van der Waals surface area contributed by atoms with Gasteiger partial charge in [-0.25, -0.2) is 23.4 Å². The molecule has 0 unspecified atom stereocenters. The van der Waals surface area contributed by atoms with Crippen LogP contribution in [0.3, 0.4) is 0 Å². The average Bonchev–Trinajstić information content (AvgIpc) is 2.78. The molecule has 3 rings (SSSR count). The van der Waals surface area contributed by atoms with Gasteiger partial charge in [0.25, 0.3) is 0 Å². The zero-order valence-electron chi connectivity index (χ0n) is 20.5. The first-order chi connectivity index (χ1) is 16.1. The van der Waals surface area contributed by atoms with Crippen LogP contribution < -0.4 is 10.0 Å². The van der Waals surface area contributed by atoms with Crippen molar-refractivity contribution in [2.75, 3.05) is 56.1 Å². The molecule has 0 aliphatic carbocycles. The van der Waals surface area contributed by atoms with Crippen LogP contribution in [0.4, 0.5) is 11.4 Å². The molecule has 0 bridgehead atoms. The fourth-order valence-electron chi connectivity index (χ4n) is 3.64. The van der Waals surface area contributed by atoms with E-state index in [1.165, 1.54) is 0 Å². The number of rotatable bonds is 7. The average molecular weight is 487 g/mol. The summed E-state index contributed by atoms with van der Waals surface area (Å²) >= 11 is 0. The minimum Gasteiger partial charge on any atom is -0.338 e. The highest BCUT2D eigenvalue weighted by molar-refractivity contribution is 7.92. The maximum atomic E-state index is 12.4. The molecule has 0 saturated carbocycles. The molecule has 0 amide bonds. The van der Waals surface area contributed by atoms with Crippen molar-refractivity contribution < 1.29 is 8.42 Å². The van der Waals surface area contributed by atoms with Crippen LogP contribution >= 0.6 is 0 Å². The van der Waals surface area contributed by atoms with Crippen LogP contribution in [-0.4, -0.2) is 88.8 Å². The van der Waals surface area contributed by atoms with E-state index < -0.39 is 10.0 Å². The molecule has 10 nitrogen and oxygen atoms in total. The first-order valence-electron chi connectivity index (χ1n) is 11.2. The van der Waals surface area contributed by atoms with Gasteiger partial charge in [0.05, 0.1) is 17.7 Å². The number of piperazine rings is 1. The van der Waals surface area contributed by atoms with Gasteiger partial charge in [-0.1, -0.05) is 19.9 Å². The molecule has 2 aliphatic rings. The van der Waals surface area contributed by atoms with E-state index in [9.17, 15) is 8.42 Å². The quantitative estimate of drug-likeness (QED) is 0.575. The number of benzene rings is 1. The molecule has 1 aromatic carbocycles. The van der Waals surface area contributed by atoms with Crippen molar-refractivity contribution in [2.45, 2.75) is 20.8 Å². The number of nitrogens with one attached hydrogen (secondary N) is 2. The third-order valence-corrected chi connectivity index (χ3v) is 7.14. The van der Waals surface area contributed by atoms with Crippen LogP contribution in [0.15, 0.2) is 49.7 Å². The minimum absolute atomic E-state index is 0.0222. The van der Waals surface area contributed by atoms with E-state index in [0.29, 0.717) is 34.6 Å². The Bertz CT molecular complexity index is 1140. The van der Waals surface area contributed by atoms with Crippen LogP contribution in [-0.2, 0) is 10.0 Å². The van der Waals surface area contributed by atoms with Crippen LogP contribution in [0, 0.1) is 12.8 Å². The van der Waals surface area contributed by atoms with E-state index in [1.54, 1.807) is 25.4 Å². The Labute approximate surface area is 202 Å². The van der Waals surface area contributed by atoms with Crippen LogP contribution in [0.25, 0.3) is 0 Å². The number of allylic oxidation sites excluding steroid dienone is 1. The van der Waals surface area contributed by atoms with Gasteiger partial charge in [0.2, 0.25) is 16.0 Å². The van der Waals surface area contributed by atoms with Crippen LogP contribution in [0.5, 0.6) is 0 Å². The SMILES string of the molecule is C=N/C(Nc1cc(NS(=O)(=O)CC(C)C)ccc1C)=C1/N=C(N2CCN(C)CC2)N=C/C1=N/C. The van der Waals surface area contributed by atoms with Crippen LogP contribution in [0.1, 0.15) is 19.4 Å². The molecule has 0 aromatic heterocycles. The Morgan fingerprint density at radius 1 is 1.24 bits per heavy atom. The Kier molecular flexibility index (Phi) is 8.21. The zero-order valence-corrected chi connectivity index (χ0v) is 21.4. The fourth-order valence-corrected chi connectivity index (χ4v) is 5.09. The van der Waals surface area contributed by atoms with Gasteiger partial charge in [-0.15, -0.1) is 0 Å². The van der Waals surface area contributed by atoms with Gasteiger partial charge in [0.15, 0.2) is 5.82 Å². The number of nitrogens with zero attached hydrogens (tertiary/aromatic N) is 6. The normalized spacial score (nSPS) is 19.9. The Hall–Kier alpha value is -3.05. The van der Waals surface area contributed by atoms with E-state index in [1.807, 2.05) is 26.8 Å². The van der Waals surface area contributed by atoms with E-state index >= 15 is 0 Å². The largest absolute Gasteiger partial charge is 0.338 e. The Morgan fingerprint density at radius 3 is 2.56 bits per heavy atom. The highest BCUT2D eigenvalue weighted by Gasteiger charge is 2.23. The van der Waals surface area contributed by atoms with Gasteiger partial charge < -0.3 is 15.1 Å². The predicted octanol–water partition coefficient (Wildman–Crippen LogP) is 2.43. The standard InChI is InChI=1S/C23H34N8O2S/c1-16(2)15-34(32,33)29-18-8-7-17(3)19(13-18)27-22(25-5)21-20(24-4)14-26-23(28-21)31-11-9-30(6)10-12-31/h7-8,13-14,16,27,29H,5,9-12,15H2,1-4,6H3/b22-21-,24-20-. The lowest BCUT2D eigenvalue weighted by atomic mass is 10.1. The molecule has 2 aliphatic heterocycles. The minimum atomic E-state index is -3.45. The molecule has 2 N–H and O–H groups in total. The van der Waals surface area contributed by atoms with Gasteiger partial charge in [-0.05, 0) is 44.3 Å². The number of anilines is 2. The molecule has 1 aromatic rings. The summed E-state index contributed by atoms with van der Waals surface area (Å²) in [5.74, 6) is 1.11. The summed E-state index contributed by atoms with van der Waals surface area (Å²) in [6.07, 6.45) is 1.69. The van der Waals surface area contributed by atoms with E-state index in [4.69, 9.17) is 4.99 Å². The molecule has 11 heteroatoms. The summed E-state index contributed by atoms with van der Waals surface area (Å²) in [7, 11) is 0.324. The summed E-state index contributed by atoms with van der Waals surface area (Å²) < 4.78 is 27.4. The summed E-state index contributed by atoms with van der Waals surface area (Å²) in [6.45, 7) is 12.9. The van der Waals surface area contributed by atoms with Gasteiger partial charge in [-0.3, -0.25) is 9.71 Å². The predicted molar refractivity (Wildman–Crippen MR) is 142 cm³/mol. The smallest absolute Gasteiger partial charge is 0.232 e. The lowest BCUT2D eigenvalue weighted by molar-refractivity contribution is 0.214. The zero-order chi connectivity index (χ0) is 24.9. The van der Waals surface area contributed by atoms with Crippen molar-refractivity contribution in [2.24, 2.45) is 25.9 Å². The lowest BCUT2D eigenvalue weighted by Crippen LogP contribution is -2.47. The van der Waals surface area contributed by atoms with E-state index in [2.05, 4.69) is 48.6 Å². The van der Waals surface area contributed by atoms with Gasteiger partial charge in [0.1, 0.15) is 11.4 Å². The number of aliphatic imine (C=N–C) groups is 4. The van der Waals surface area contributed by atoms with Crippen molar-refractivity contribution in [3.8, 4) is 0 Å². The maximum Gasteiger partial charge on any atom is 0.232 e. The van der Waals surface area contributed by atoms with Gasteiger partial charge in [-0.2, -0.15) is 0 Å². The molecule has 0 spiro atoms. The number of sulfonamides is 1. The summed E-state index contributed by atoms with van der Waals surface area (Å²) in [6, 6.07) is 5.32. The highest BCUT2D eigenvalue weighted by atomic mass is 32.2. The third-order valence-electron chi connectivity index (χ3n) is 5.48. The number of hydrogen-bond acceptors (Lipinski definition) is 9. The fraction of sp³-hybridized carbons (Fsp3) is 0.478. The van der Waals surface area contributed by atoms with Crippen LogP contribution in [0.2, 0.25) is 0 Å². The number of hydrogen-bond donors (Lipinski definition) is 2. The number of likely N-dealkylation sites (N-methyl/N-ethyl adjacent to an activating group) is 1. The molecule has 2 heterocycles. The molecule has 184 valence electrons. The molecule has 0 atom stereocenters. The second kappa shape index (κ2) is 10.9. The molecular weight excluding hydrogens is 452 g/mol. The molecule has 1 saturated heterocycles. The topological polar surface area (TPSA) is 114 Å². The van der Waals surface area contributed by atoms with E-state index in [-0.39, 0.29) is 11.7 Å². The highest BCUT2D eigenvalue weighted by Crippen LogP contribution is 2.25. The second-order valence-electron chi connectivity index (χ2n) is 8.86. The first kappa shape index (κ1) is 25.6. The Balaban J connectivity index is 1.92. The number of guanidine groups is 1. The third kappa shape index (κ3) is 6.51. The van der Waals surface area contributed by atoms with Crippen molar-refractivity contribution in [3.63, 3.8) is 0 Å². The molecule has 0 radical (unpaired) electrons. The van der Waals surface area contributed by atoms with Crippen molar-refractivity contribution >= 4 is 46.0 Å². The molecular formula is C23H34N8O2S. The molecule has 34 heavy (non-hydrogen) atoms. The van der Waals surface area contributed by atoms with Crippen molar-refractivity contribution in [3.05, 3.63) is 35.3 Å². The monoisotopic (exact) mass is 486 g/mol. The van der Waals surface area contributed by atoms with Crippen molar-refractivity contribution in [1.82, 2.24) is 9.80 Å². The Morgan fingerprint density at radius 2 is 1.94 bits per heavy atom. The number of aryl methyl sites for hydroxylation is 1. The van der Waals surface area contributed by atoms with E-state index in [0.717, 1.165) is 31.7 Å². The van der Waals surface area contributed by atoms with Gasteiger partial charge in [0, 0.05) is 38.9 Å². The van der Waals surface area contributed by atoms with Gasteiger partial charge >= 0.3 is 0 Å². The lowest BCUT2D eigenvalue weighted by Gasteiger charge is -2.33. The molecule has 1 fully saturated rings. The summed E-state index contributed by atoms with van der Waals surface area (Å²) in [5, 5.41) is 3.27. The maximum absolute atomic E-state index is 12.4. The second-order valence-corrected chi connectivity index (χ2v) is 10.6. The first-order valence-corrected chi connectivity index (χ1v) is 12.9.